The van der Waals surface area contributed by atoms with Crippen LogP contribution in [0.25, 0.3) is 0 Å². The van der Waals surface area contributed by atoms with Crippen molar-refractivity contribution in [2.45, 2.75) is 11.8 Å². The third-order valence-electron chi connectivity index (χ3n) is 2.22. The minimum Gasteiger partial charge on any atom is -0.258 e. The summed E-state index contributed by atoms with van der Waals surface area (Å²) in [5.74, 6) is -0.503. The molecule has 0 saturated carbocycles. The molecule has 0 aromatic heterocycles. The van der Waals surface area contributed by atoms with Crippen molar-refractivity contribution in [3.63, 3.8) is 0 Å². The predicted molar refractivity (Wildman–Crippen MR) is 68.1 cm³/mol. The molecule has 0 radical (unpaired) electrons. The van der Waals surface area contributed by atoms with E-state index in [9.17, 15) is 18.5 Å². The number of nitro benzene ring substituents is 1. The lowest BCUT2D eigenvalue weighted by molar-refractivity contribution is -0.384. The summed E-state index contributed by atoms with van der Waals surface area (Å²) in [5, 5.41) is 19.1. The van der Waals surface area contributed by atoms with Crippen molar-refractivity contribution in [2.24, 2.45) is 5.92 Å². The first-order chi connectivity index (χ1) is 8.77. The van der Waals surface area contributed by atoms with Crippen LogP contribution in [0.15, 0.2) is 23.1 Å². The Bertz CT molecular complexity index is 639. The van der Waals surface area contributed by atoms with Crippen LogP contribution in [0.5, 0.6) is 0 Å². The molecule has 0 amide bonds. The van der Waals surface area contributed by atoms with E-state index in [4.69, 9.17) is 16.9 Å². The zero-order valence-electron chi connectivity index (χ0n) is 9.83. The number of benzene rings is 1. The first-order valence-electron chi connectivity index (χ1n) is 5.11. The lowest BCUT2D eigenvalue weighted by Crippen LogP contribution is -2.28. The molecule has 1 aromatic rings. The normalized spacial score (nSPS) is 12.7. The number of nitrogens with one attached hydrogen (secondary N) is 1. The van der Waals surface area contributed by atoms with E-state index in [-0.39, 0.29) is 16.5 Å². The molecule has 1 rings (SSSR count). The first-order valence-corrected chi connectivity index (χ1v) is 6.97. The van der Waals surface area contributed by atoms with Crippen molar-refractivity contribution in [1.82, 2.24) is 4.72 Å². The molecule has 1 unspecified atom stereocenters. The molecule has 0 fully saturated rings. The van der Waals surface area contributed by atoms with E-state index < -0.39 is 26.6 Å². The van der Waals surface area contributed by atoms with E-state index in [0.29, 0.717) is 0 Å². The molecular formula is C10H10ClN3O4S. The summed E-state index contributed by atoms with van der Waals surface area (Å²) in [6.07, 6.45) is 0. The topological polar surface area (TPSA) is 113 Å². The number of rotatable bonds is 5. The third-order valence-corrected chi connectivity index (χ3v) is 3.97. The fraction of sp³-hybridized carbons (Fsp3) is 0.300. The highest BCUT2D eigenvalue weighted by molar-refractivity contribution is 7.89. The second kappa shape index (κ2) is 5.97. The van der Waals surface area contributed by atoms with Crippen LogP contribution in [0.4, 0.5) is 5.69 Å². The Morgan fingerprint density at radius 1 is 1.58 bits per heavy atom. The second-order valence-electron chi connectivity index (χ2n) is 3.75. The van der Waals surface area contributed by atoms with Crippen LogP contribution >= 0.6 is 11.6 Å². The van der Waals surface area contributed by atoms with Gasteiger partial charge in [-0.25, -0.2) is 13.1 Å². The largest absolute Gasteiger partial charge is 0.289 e. The standard InChI is InChI=1S/C10H10ClN3O4S/c1-7(5-12)6-13-19(17,18)8-2-3-9(11)10(4-8)14(15)16/h2-4,7,13H,6H2,1H3. The molecule has 1 aromatic carbocycles. The van der Waals surface area contributed by atoms with Gasteiger partial charge in [-0.05, 0) is 19.1 Å². The average Bonchev–Trinajstić information content (AvgIpc) is 2.35. The molecule has 0 spiro atoms. The maximum absolute atomic E-state index is 11.9. The van der Waals surface area contributed by atoms with E-state index in [1.807, 2.05) is 6.07 Å². The fourth-order valence-corrected chi connectivity index (χ4v) is 2.50. The lowest BCUT2D eigenvalue weighted by Gasteiger charge is -2.07. The molecule has 0 bridgehead atoms. The highest BCUT2D eigenvalue weighted by atomic mass is 35.5. The Balaban J connectivity index is 3.06. The van der Waals surface area contributed by atoms with Gasteiger partial charge in [-0.3, -0.25) is 10.1 Å². The van der Waals surface area contributed by atoms with Crippen molar-refractivity contribution in [3.8, 4) is 6.07 Å². The highest BCUT2D eigenvalue weighted by Gasteiger charge is 2.20. The first kappa shape index (κ1) is 15.4. The maximum Gasteiger partial charge on any atom is 0.289 e. The fourth-order valence-electron chi connectivity index (χ4n) is 1.16. The quantitative estimate of drug-likeness (QED) is 0.656. The van der Waals surface area contributed by atoms with Gasteiger partial charge in [0.2, 0.25) is 10.0 Å². The van der Waals surface area contributed by atoms with E-state index in [1.165, 1.54) is 0 Å². The molecule has 1 atom stereocenters. The number of halogens is 1. The lowest BCUT2D eigenvalue weighted by atomic mass is 10.2. The molecule has 102 valence electrons. The summed E-state index contributed by atoms with van der Waals surface area (Å²) in [4.78, 5) is 9.64. The minimum absolute atomic E-state index is 0.0741. The monoisotopic (exact) mass is 303 g/mol. The van der Waals surface area contributed by atoms with Crippen molar-refractivity contribution in [3.05, 3.63) is 33.3 Å². The molecule has 0 aliphatic rings. The SMILES string of the molecule is CC(C#N)CNS(=O)(=O)c1ccc(Cl)c([N+](=O)[O-])c1. The van der Waals surface area contributed by atoms with Gasteiger partial charge in [0, 0.05) is 12.6 Å². The number of hydrogen-bond donors (Lipinski definition) is 1. The molecular weight excluding hydrogens is 294 g/mol. The molecule has 0 aliphatic carbocycles. The predicted octanol–water partition coefficient (Wildman–Crippen LogP) is 1.69. The molecule has 0 heterocycles. The second-order valence-corrected chi connectivity index (χ2v) is 5.93. The highest BCUT2D eigenvalue weighted by Crippen LogP contribution is 2.26. The Morgan fingerprint density at radius 3 is 2.74 bits per heavy atom. The van der Waals surface area contributed by atoms with Gasteiger partial charge in [0.15, 0.2) is 0 Å². The zero-order valence-corrected chi connectivity index (χ0v) is 11.4. The van der Waals surface area contributed by atoms with Gasteiger partial charge in [0.25, 0.3) is 5.69 Å². The number of nitro groups is 1. The van der Waals surface area contributed by atoms with Crippen LogP contribution in [-0.4, -0.2) is 19.9 Å². The van der Waals surface area contributed by atoms with Gasteiger partial charge >= 0.3 is 0 Å². The molecule has 19 heavy (non-hydrogen) atoms. The van der Waals surface area contributed by atoms with E-state index in [2.05, 4.69) is 4.72 Å². The summed E-state index contributed by atoms with van der Waals surface area (Å²) in [7, 11) is -3.90. The molecule has 9 heteroatoms. The van der Waals surface area contributed by atoms with Crippen LogP contribution in [0, 0.1) is 27.4 Å². The summed E-state index contributed by atoms with van der Waals surface area (Å²) >= 11 is 5.59. The molecule has 0 aliphatic heterocycles. The van der Waals surface area contributed by atoms with Gasteiger partial charge in [-0.2, -0.15) is 5.26 Å². The van der Waals surface area contributed by atoms with Crippen LogP contribution < -0.4 is 4.72 Å². The number of hydrogen-bond acceptors (Lipinski definition) is 5. The van der Waals surface area contributed by atoms with Crippen molar-refractivity contribution in [2.75, 3.05) is 6.54 Å². The van der Waals surface area contributed by atoms with Crippen LogP contribution in [0.1, 0.15) is 6.92 Å². The van der Waals surface area contributed by atoms with Gasteiger partial charge < -0.3 is 0 Å². The Morgan fingerprint density at radius 2 is 2.21 bits per heavy atom. The average molecular weight is 304 g/mol. The number of sulfonamides is 1. The van der Waals surface area contributed by atoms with Crippen LogP contribution in [-0.2, 0) is 10.0 Å². The Hall–Kier alpha value is -1.69. The Labute approximate surface area is 115 Å². The van der Waals surface area contributed by atoms with Gasteiger partial charge in [-0.1, -0.05) is 11.6 Å². The molecule has 7 nitrogen and oxygen atoms in total. The summed E-state index contributed by atoms with van der Waals surface area (Å²) < 4.78 is 25.9. The summed E-state index contributed by atoms with van der Waals surface area (Å²) in [5.41, 5.74) is -0.488. The van der Waals surface area contributed by atoms with E-state index >= 15 is 0 Å². The summed E-state index contributed by atoms with van der Waals surface area (Å²) in [6, 6.07) is 5.05. The zero-order chi connectivity index (χ0) is 14.6. The van der Waals surface area contributed by atoms with Crippen molar-refractivity contribution < 1.29 is 13.3 Å². The van der Waals surface area contributed by atoms with Gasteiger partial charge in [-0.15, -0.1) is 0 Å². The number of nitrogens with zero attached hydrogens (tertiary/aromatic N) is 2. The maximum atomic E-state index is 11.9. The minimum atomic E-state index is -3.90. The van der Waals surface area contributed by atoms with Crippen molar-refractivity contribution >= 4 is 27.3 Å². The van der Waals surface area contributed by atoms with Gasteiger partial charge in [0.1, 0.15) is 5.02 Å². The van der Waals surface area contributed by atoms with Crippen LogP contribution in [0.2, 0.25) is 5.02 Å². The van der Waals surface area contributed by atoms with Crippen LogP contribution in [0.3, 0.4) is 0 Å². The van der Waals surface area contributed by atoms with E-state index in [0.717, 1.165) is 18.2 Å². The van der Waals surface area contributed by atoms with Gasteiger partial charge in [0.05, 0.1) is 21.8 Å². The van der Waals surface area contributed by atoms with Crippen molar-refractivity contribution in [1.29, 1.82) is 5.26 Å². The molecule has 0 saturated heterocycles. The molecule has 1 N–H and O–H groups in total. The van der Waals surface area contributed by atoms with E-state index in [1.54, 1.807) is 6.92 Å². The summed E-state index contributed by atoms with van der Waals surface area (Å²) in [6.45, 7) is 1.47. The number of nitriles is 1. The third kappa shape index (κ3) is 3.89. The smallest absolute Gasteiger partial charge is 0.258 e. The Kier molecular flexibility index (Phi) is 4.83.